The van der Waals surface area contributed by atoms with Crippen molar-refractivity contribution in [1.82, 2.24) is 4.90 Å². The lowest BCUT2D eigenvalue weighted by molar-refractivity contribution is -0.144. The second-order valence-electron chi connectivity index (χ2n) is 6.49. The van der Waals surface area contributed by atoms with Gasteiger partial charge in [0.2, 0.25) is 0 Å². The van der Waals surface area contributed by atoms with Crippen LogP contribution in [-0.2, 0) is 14.3 Å². The quantitative estimate of drug-likeness (QED) is 0.504. The average molecular weight is 360 g/mol. The fourth-order valence-corrected chi connectivity index (χ4v) is 4.92. The maximum atomic E-state index is 11.8. The Morgan fingerprint density at radius 2 is 2.00 bits per heavy atom. The molecule has 0 aromatic heterocycles. The predicted molar refractivity (Wildman–Crippen MR) is 96.6 cm³/mol. The summed E-state index contributed by atoms with van der Waals surface area (Å²) < 4.78 is 4.23. The molecule has 1 N–H and O–H groups in total. The van der Waals surface area contributed by atoms with E-state index in [0.29, 0.717) is 5.70 Å². The highest BCUT2D eigenvalue weighted by Gasteiger charge is 2.61. The number of carbonyl (C=O) groups is 2. The fourth-order valence-electron chi connectivity index (χ4n) is 3.25. The molecule has 0 radical (unpaired) electrons. The molecule has 2 heterocycles. The van der Waals surface area contributed by atoms with Crippen molar-refractivity contribution < 1.29 is 19.4 Å². The summed E-state index contributed by atoms with van der Waals surface area (Å²) in [5.41, 5.74) is 1.55. The van der Waals surface area contributed by atoms with E-state index in [-0.39, 0.29) is 11.4 Å². The summed E-state index contributed by atoms with van der Waals surface area (Å²) in [4.78, 5) is 29.9. The highest BCUT2D eigenvalue weighted by molar-refractivity contribution is 8.01. The summed E-state index contributed by atoms with van der Waals surface area (Å²) in [6.07, 6.45) is 3.11. The number of carboxylic acid groups (broad SMARTS) is 1. The molecule has 0 spiro atoms. The summed E-state index contributed by atoms with van der Waals surface area (Å²) >= 11 is 1.57. The molecule has 0 aliphatic carbocycles. The molecule has 1 aromatic rings. The van der Waals surface area contributed by atoms with Crippen molar-refractivity contribution in [3.63, 3.8) is 0 Å². The zero-order valence-corrected chi connectivity index (χ0v) is 15.1. The van der Waals surface area contributed by atoms with Gasteiger partial charge in [0.05, 0.1) is 12.8 Å². The highest BCUT2D eigenvalue weighted by Crippen LogP contribution is 2.55. The van der Waals surface area contributed by atoms with E-state index in [4.69, 9.17) is 4.74 Å². The van der Waals surface area contributed by atoms with Crippen molar-refractivity contribution >= 4 is 29.9 Å². The SMILES string of the molecule is COC(=O)/C=C1/[C@@H](N=Cc2ccccc2)[C@H]2SC(C)(C)[C@H](C(=O)O)N12. The van der Waals surface area contributed by atoms with Crippen molar-refractivity contribution in [3.8, 4) is 0 Å². The van der Waals surface area contributed by atoms with Crippen LogP contribution in [0.15, 0.2) is 47.1 Å². The number of ether oxygens (including phenoxy) is 1. The van der Waals surface area contributed by atoms with Crippen LogP contribution in [0.3, 0.4) is 0 Å². The van der Waals surface area contributed by atoms with Gasteiger partial charge >= 0.3 is 11.9 Å². The van der Waals surface area contributed by atoms with Gasteiger partial charge in [-0.25, -0.2) is 9.59 Å². The first kappa shape index (κ1) is 17.5. The second kappa shape index (κ2) is 6.55. The van der Waals surface area contributed by atoms with Crippen LogP contribution >= 0.6 is 11.8 Å². The second-order valence-corrected chi connectivity index (χ2v) is 8.26. The molecule has 3 atom stereocenters. The molecule has 7 heteroatoms. The molecule has 0 unspecified atom stereocenters. The van der Waals surface area contributed by atoms with Gasteiger partial charge < -0.3 is 14.7 Å². The van der Waals surface area contributed by atoms with E-state index in [1.807, 2.05) is 44.2 Å². The van der Waals surface area contributed by atoms with E-state index in [2.05, 4.69) is 4.99 Å². The van der Waals surface area contributed by atoms with Crippen molar-refractivity contribution in [2.45, 2.75) is 36.1 Å². The lowest BCUT2D eigenvalue weighted by Gasteiger charge is -2.46. The van der Waals surface area contributed by atoms with Crippen molar-refractivity contribution in [2.75, 3.05) is 7.11 Å². The maximum absolute atomic E-state index is 11.8. The van der Waals surface area contributed by atoms with E-state index in [9.17, 15) is 14.7 Å². The number of esters is 1. The van der Waals surface area contributed by atoms with Crippen molar-refractivity contribution in [3.05, 3.63) is 47.7 Å². The van der Waals surface area contributed by atoms with E-state index in [1.165, 1.54) is 13.2 Å². The molecule has 2 saturated heterocycles. The Bertz CT molecular complexity index is 745. The molecule has 2 aliphatic heterocycles. The number of methoxy groups -OCH3 is 1. The Labute approximate surface area is 150 Å². The summed E-state index contributed by atoms with van der Waals surface area (Å²) in [6, 6.07) is 8.68. The minimum Gasteiger partial charge on any atom is -0.480 e. The third-order valence-corrected chi connectivity index (χ3v) is 5.95. The zero-order valence-electron chi connectivity index (χ0n) is 14.2. The monoisotopic (exact) mass is 360 g/mol. The van der Waals surface area contributed by atoms with Crippen LogP contribution in [0, 0.1) is 0 Å². The number of nitrogens with zero attached hydrogens (tertiary/aromatic N) is 2. The largest absolute Gasteiger partial charge is 0.480 e. The number of fused-ring (bicyclic) bond motifs is 1. The van der Waals surface area contributed by atoms with Gasteiger partial charge in [-0.3, -0.25) is 4.99 Å². The van der Waals surface area contributed by atoms with Crippen LogP contribution in [0.2, 0.25) is 0 Å². The Hall–Kier alpha value is -2.28. The Morgan fingerprint density at radius 3 is 2.60 bits per heavy atom. The fraction of sp³-hybridized carbons (Fsp3) is 0.389. The van der Waals surface area contributed by atoms with Crippen LogP contribution in [0.4, 0.5) is 0 Å². The van der Waals surface area contributed by atoms with E-state index in [0.717, 1.165) is 5.56 Å². The molecule has 2 fully saturated rings. The summed E-state index contributed by atoms with van der Waals surface area (Å²) in [5, 5.41) is 9.53. The molecule has 6 nitrogen and oxygen atoms in total. The molecule has 0 amide bonds. The molecule has 2 aliphatic rings. The van der Waals surface area contributed by atoms with Crippen LogP contribution in [-0.4, -0.2) is 57.5 Å². The normalized spacial score (nSPS) is 28.7. The Kier molecular flexibility index (Phi) is 4.60. The number of thioether (sulfide) groups is 1. The number of rotatable bonds is 4. The van der Waals surface area contributed by atoms with Gasteiger partial charge in [0.15, 0.2) is 0 Å². The van der Waals surface area contributed by atoms with Gasteiger partial charge in [0, 0.05) is 17.0 Å². The standard InChI is InChI=1S/C18H20N2O4S/c1-18(2)15(17(22)23)20-12(9-13(21)24-3)14(16(20)25-18)19-10-11-7-5-4-6-8-11/h4-10,14-16H,1-3H3,(H,22,23)/b12-9-,19-10?/t14-,15+,16-/m1/s1. The number of carbonyl (C=O) groups excluding carboxylic acids is 1. The molecule has 132 valence electrons. The van der Waals surface area contributed by atoms with Gasteiger partial charge in [-0.1, -0.05) is 30.3 Å². The minimum atomic E-state index is -0.902. The summed E-state index contributed by atoms with van der Waals surface area (Å²) in [6.45, 7) is 3.81. The van der Waals surface area contributed by atoms with Gasteiger partial charge in [-0.15, -0.1) is 11.8 Å². The van der Waals surface area contributed by atoms with Gasteiger partial charge in [-0.05, 0) is 19.4 Å². The predicted octanol–water partition coefficient (Wildman–Crippen LogP) is 2.15. The molecule has 25 heavy (non-hydrogen) atoms. The third kappa shape index (κ3) is 3.16. The molecule has 3 rings (SSSR count). The Balaban J connectivity index is 1.93. The van der Waals surface area contributed by atoms with Crippen LogP contribution in [0.25, 0.3) is 0 Å². The molecular formula is C18H20N2O4S. The summed E-state index contributed by atoms with van der Waals surface area (Å²) in [7, 11) is 1.30. The van der Waals surface area contributed by atoms with Gasteiger partial charge in [0.25, 0.3) is 0 Å². The van der Waals surface area contributed by atoms with Crippen LogP contribution in [0.1, 0.15) is 19.4 Å². The summed E-state index contributed by atoms with van der Waals surface area (Å²) in [5.74, 6) is -1.41. The molecular weight excluding hydrogens is 340 g/mol. The van der Waals surface area contributed by atoms with Gasteiger partial charge in [0.1, 0.15) is 17.5 Å². The number of carboxylic acids is 1. The van der Waals surface area contributed by atoms with E-state index >= 15 is 0 Å². The number of aliphatic carboxylic acids is 1. The molecule has 0 bridgehead atoms. The number of aliphatic imine (C=N–C) groups is 1. The first-order valence-corrected chi connectivity index (χ1v) is 8.80. The van der Waals surface area contributed by atoms with Crippen molar-refractivity contribution in [1.29, 1.82) is 0 Å². The first-order valence-electron chi connectivity index (χ1n) is 7.92. The lowest BCUT2D eigenvalue weighted by Crippen LogP contribution is -2.59. The maximum Gasteiger partial charge on any atom is 0.332 e. The number of hydrogen-bond acceptors (Lipinski definition) is 6. The number of benzene rings is 1. The minimum absolute atomic E-state index is 0.105. The highest BCUT2D eigenvalue weighted by atomic mass is 32.2. The lowest BCUT2D eigenvalue weighted by atomic mass is 9.93. The first-order chi connectivity index (χ1) is 11.8. The van der Waals surface area contributed by atoms with Gasteiger partial charge in [-0.2, -0.15) is 0 Å². The van der Waals surface area contributed by atoms with E-state index < -0.39 is 22.7 Å². The molecule has 0 saturated carbocycles. The van der Waals surface area contributed by atoms with E-state index in [1.54, 1.807) is 22.9 Å². The van der Waals surface area contributed by atoms with Crippen LogP contribution in [0.5, 0.6) is 0 Å². The number of hydrogen-bond donors (Lipinski definition) is 1. The zero-order chi connectivity index (χ0) is 18.2. The molecule has 1 aromatic carbocycles. The van der Waals surface area contributed by atoms with Crippen molar-refractivity contribution in [2.24, 2.45) is 4.99 Å². The third-order valence-electron chi connectivity index (χ3n) is 4.39. The van der Waals surface area contributed by atoms with Crippen LogP contribution < -0.4 is 0 Å². The smallest absolute Gasteiger partial charge is 0.332 e. The average Bonchev–Trinajstić information content (AvgIpc) is 2.82. The topological polar surface area (TPSA) is 79.2 Å². The Morgan fingerprint density at radius 1 is 1.32 bits per heavy atom.